The van der Waals surface area contributed by atoms with Crippen molar-refractivity contribution in [2.75, 3.05) is 124 Å². The summed E-state index contributed by atoms with van der Waals surface area (Å²) in [6.45, 7) is 0. The number of hydrogen-bond acceptors (Lipinski definition) is 49. The first-order valence-corrected chi connectivity index (χ1v) is 58.0. The summed E-state index contributed by atoms with van der Waals surface area (Å²) >= 11 is 26.6. The maximum Gasteiger partial charge on any atom is 0.242 e. The van der Waals surface area contributed by atoms with E-state index in [0.717, 1.165) is 91.1 Å². The van der Waals surface area contributed by atoms with E-state index in [9.17, 15) is 43.2 Å². The van der Waals surface area contributed by atoms with Gasteiger partial charge in [0.2, 0.25) is 94.7 Å². The van der Waals surface area contributed by atoms with Crippen LogP contribution in [0.3, 0.4) is 0 Å². The summed E-state index contributed by atoms with van der Waals surface area (Å²) in [7, 11) is 3.38. The van der Waals surface area contributed by atoms with Crippen molar-refractivity contribution in [1.29, 1.82) is 0 Å². The molecule has 0 fully saturated rings. The van der Waals surface area contributed by atoms with E-state index in [1.54, 1.807) is 80.7 Å². The molecule has 0 atom stereocenters. The molecule has 4 aliphatic heterocycles. The Labute approximate surface area is 884 Å². The minimum atomic E-state index is -0.235. The predicted molar refractivity (Wildman–Crippen MR) is 574 cm³/mol. The molecule has 38 nitrogen and oxygen atoms in total. The number of hydrogen-bond donors (Lipinski definition) is 8. The molecule has 8 aromatic carbocycles. The number of aromatic nitrogens is 16. The number of para-hydroxylation sites is 8. The highest BCUT2D eigenvalue weighted by atomic mass is 32.2. The lowest BCUT2D eigenvalue weighted by atomic mass is 10.2. The second-order valence-electron chi connectivity index (χ2n) is 27.8. The van der Waals surface area contributed by atoms with E-state index in [4.69, 9.17) is 22.9 Å². The molecule has 0 aliphatic carbocycles. The Bertz CT molecular complexity index is 6200. The van der Waals surface area contributed by atoms with Crippen LogP contribution in [-0.4, -0.2) is 200 Å². The number of rotatable bonds is 29. The van der Waals surface area contributed by atoms with Gasteiger partial charge in [0.15, 0.2) is 34.7 Å². The third-order valence-corrected chi connectivity index (χ3v) is 37.7. The molecule has 0 radical (unpaired) electrons. The minimum Gasteiger partial charge on any atom is -0.374 e. The molecular formula is C83H67N29O9S20. The number of anilines is 16. The SMILES string of the molecule is CN(C)C=O.Nc1nnc(SCC(=O)Nc2nnc(SCC(=O)N3c4ccccc4Sc4ccccc43)s2)s1.Nc1nnc(SCC(=O)Nc2nnc(SCC(=O)N3c4ccccc4Sc4ccccc43)s2)s1.Nc1nnc(SCC(=O)Nc2nnc(SCC(=O)N3c4ccccc4Sc4ccccc43)s2)s1.Nc1nnc(SCC(=O)Nc2nnc(SCC(=O)N3c4ccccc4Sc4ccccc43)s2)s1. The third-order valence-electron chi connectivity index (χ3n) is 17.8. The summed E-state index contributed by atoms with van der Waals surface area (Å²) in [5.41, 5.74) is 29.1. The van der Waals surface area contributed by atoms with Crippen molar-refractivity contribution >= 4 is 372 Å². The van der Waals surface area contributed by atoms with E-state index < -0.39 is 0 Å². The zero-order chi connectivity index (χ0) is 98.3. The highest BCUT2D eigenvalue weighted by Gasteiger charge is 2.34. The molecule has 0 saturated heterocycles. The predicted octanol–water partition coefficient (Wildman–Crippen LogP) is 18.2. The number of nitrogen functional groups attached to an aromatic ring is 4. The number of nitrogens with two attached hydrogens (primary N) is 4. The number of nitrogens with zero attached hydrogens (tertiary/aromatic N) is 21. The van der Waals surface area contributed by atoms with Crippen molar-refractivity contribution in [1.82, 2.24) is 86.5 Å². The van der Waals surface area contributed by atoms with Crippen LogP contribution in [0, 0.1) is 0 Å². The summed E-state index contributed by atoms with van der Waals surface area (Å²) in [5.74, 6) is 0.188. The number of carbonyl (C=O) groups excluding carboxylic acids is 9. The zero-order valence-corrected chi connectivity index (χ0v) is 88.6. The van der Waals surface area contributed by atoms with Crippen LogP contribution in [0.2, 0.25) is 0 Å². The summed E-state index contributed by atoms with van der Waals surface area (Å²) < 4.78 is 4.89. The van der Waals surface area contributed by atoms with Crippen LogP contribution in [0.4, 0.5) is 86.6 Å². The maximum absolute atomic E-state index is 13.3. The molecule has 8 aromatic heterocycles. The number of thioether (sulfide) groups is 8. The normalized spacial score (nSPS) is 12.0. The lowest BCUT2D eigenvalue weighted by Gasteiger charge is -2.30. The van der Waals surface area contributed by atoms with E-state index in [1.807, 2.05) is 194 Å². The van der Waals surface area contributed by atoms with Gasteiger partial charge >= 0.3 is 0 Å². The molecular weight excluding hydrogens is 2190 g/mol. The molecule has 4 aliphatic rings. The van der Waals surface area contributed by atoms with Crippen LogP contribution >= 0.6 is 232 Å². The molecule has 0 saturated carbocycles. The Balaban J connectivity index is 0.000000133. The molecule has 0 unspecified atom stereocenters. The summed E-state index contributed by atoms with van der Waals surface area (Å²) in [5, 5.41) is 76.6. The van der Waals surface area contributed by atoms with Gasteiger partial charge in [-0.05, 0) is 97.1 Å². The van der Waals surface area contributed by atoms with Crippen molar-refractivity contribution in [3.63, 3.8) is 0 Å². The van der Waals surface area contributed by atoms with Gasteiger partial charge in [-0.2, -0.15) is 0 Å². The van der Waals surface area contributed by atoms with Crippen LogP contribution in [0.5, 0.6) is 0 Å². The van der Waals surface area contributed by atoms with Gasteiger partial charge < -0.3 is 27.8 Å². The van der Waals surface area contributed by atoms with E-state index in [0.29, 0.717) is 75.8 Å². The Kier molecular flexibility index (Phi) is 36.6. The molecule has 12 heterocycles. The van der Waals surface area contributed by atoms with Gasteiger partial charge in [0.25, 0.3) is 0 Å². The van der Waals surface area contributed by atoms with Crippen LogP contribution in [0.1, 0.15) is 0 Å². The molecule has 141 heavy (non-hydrogen) atoms. The van der Waals surface area contributed by atoms with Crippen LogP contribution < -0.4 is 63.8 Å². The van der Waals surface area contributed by atoms with E-state index in [2.05, 4.69) is 103 Å². The van der Waals surface area contributed by atoms with Crippen molar-refractivity contribution in [2.45, 2.75) is 73.9 Å². The fraction of sp³-hybridized carbons (Fsp3) is 0.120. The Morgan fingerprint density at radius 1 is 0.255 bits per heavy atom. The van der Waals surface area contributed by atoms with E-state index in [-0.39, 0.29) is 93.3 Å². The van der Waals surface area contributed by atoms with Crippen molar-refractivity contribution in [2.24, 2.45) is 0 Å². The average Bonchev–Trinajstić information content (AvgIpc) is 1.08. The summed E-state index contributed by atoms with van der Waals surface area (Å²) in [6.07, 6.45) is 0.750. The Morgan fingerprint density at radius 3 is 0.574 bits per heavy atom. The zero-order valence-electron chi connectivity index (χ0n) is 72.2. The lowest BCUT2D eigenvalue weighted by Crippen LogP contribution is -2.29. The molecule has 0 spiro atoms. The number of carbonyl (C=O) groups is 9. The first kappa shape index (κ1) is 103. The summed E-state index contributed by atoms with van der Waals surface area (Å²) in [4.78, 5) is 128. The van der Waals surface area contributed by atoms with Gasteiger partial charge in [0, 0.05) is 53.3 Å². The number of fused-ring (bicyclic) bond motifs is 8. The molecule has 0 bridgehead atoms. The molecule has 20 rings (SSSR count). The van der Waals surface area contributed by atoms with Gasteiger partial charge in [0.1, 0.15) is 0 Å². The van der Waals surface area contributed by atoms with Gasteiger partial charge in [0.05, 0.1) is 91.5 Å². The fourth-order valence-corrected chi connectivity index (χ4v) is 28.6. The third kappa shape index (κ3) is 28.3. The first-order chi connectivity index (χ1) is 68.5. The first-order valence-electron chi connectivity index (χ1n) is 40.3. The molecule has 718 valence electrons. The summed E-state index contributed by atoms with van der Waals surface area (Å²) in [6, 6.07) is 62.9. The van der Waals surface area contributed by atoms with Crippen LogP contribution in [0.15, 0.2) is 268 Å². The number of benzene rings is 8. The maximum atomic E-state index is 13.3. The standard InChI is InChI=1S/4C20H15N7O2S5.C3H7NO/c4*21-17-23-25-19(33-17)30-9-15(28)22-18-24-26-20(34-18)31-10-16(29)27-11-5-1-3-7-13(11)32-14-8-4-2-6-12(14)27;1-4(2)3-5/h4*1-8H,9-10H2,(H2,21,23)(H,22,24,28);3H,1-2H3. The fourth-order valence-electron chi connectivity index (χ4n) is 12.2. The van der Waals surface area contributed by atoms with Gasteiger partial charge in [-0.15, -0.1) is 81.6 Å². The van der Waals surface area contributed by atoms with Crippen molar-refractivity contribution < 1.29 is 43.2 Å². The van der Waals surface area contributed by atoms with E-state index >= 15 is 0 Å². The minimum absolute atomic E-state index is 0.0567. The van der Waals surface area contributed by atoms with E-state index in [1.165, 1.54) is 190 Å². The Morgan fingerprint density at radius 2 is 0.411 bits per heavy atom. The monoisotopic (exact) mass is 2250 g/mol. The topological polar surface area (TPSA) is 528 Å². The average molecular weight is 2260 g/mol. The molecule has 58 heteroatoms. The largest absolute Gasteiger partial charge is 0.374 e. The van der Waals surface area contributed by atoms with Crippen molar-refractivity contribution in [3.8, 4) is 0 Å². The highest BCUT2D eigenvalue weighted by Crippen LogP contribution is 2.53. The smallest absolute Gasteiger partial charge is 0.242 e. The van der Waals surface area contributed by atoms with Crippen molar-refractivity contribution in [3.05, 3.63) is 194 Å². The molecule has 16 aromatic rings. The molecule has 9 amide bonds. The number of amides is 9. The number of nitrogens with one attached hydrogen (secondary N) is 4. The van der Waals surface area contributed by atoms with Crippen LogP contribution in [0.25, 0.3) is 0 Å². The van der Waals surface area contributed by atoms with Gasteiger partial charge in [-0.3, -0.25) is 84.0 Å². The molecule has 12 N–H and O–H groups in total. The highest BCUT2D eigenvalue weighted by molar-refractivity contribution is 8.04. The lowest BCUT2D eigenvalue weighted by molar-refractivity contribution is -0.116. The van der Waals surface area contributed by atoms with Gasteiger partial charge in [-0.25, -0.2) is 0 Å². The quantitative estimate of drug-likeness (QED) is 0.0123. The van der Waals surface area contributed by atoms with Gasteiger partial charge in [-0.1, -0.05) is 329 Å². The Hall–Kier alpha value is -11.1. The second-order valence-corrected chi connectivity index (χ2v) is 49.8. The second kappa shape index (κ2) is 50.2. The van der Waals surface area contributed by atoms with Crippen LogP contribution in [-0.2, 0) is 43.2 Å².